The summed E-state index contributed by atoms with van der Waals surface area (Å²) in [4.78, 5) is 22.7. The fourth-order valence-electron chi connectivity index (χ4n) is 2.19. The zero-order valence-electron chi connectivity index (χ0n) is 12.9. The van der Waals surface area contributed by atoms with Gasteiger partial charge in [-0.2, -0.15) is 0 Å². The van der Waals surface area contributed by atoms with Crippen molar-refractivity contribution in [3.05, 3.63) is 30.0 Å². The van der Waals surface area contributed by atoms with E-state index in [9.17, 15) is 9.59 Å². The quantitative estimate of drug-likeness (QED) is 0.788. The van der Waals surface area contributed by atoms with Crippen molar-refractivity contribution < 1.29 is 19.1 Å². The van der Waals surface area contributed by atoms with E-state index >= 15 is 0 Å². The molecule has 6 heteroatoms. The van der Waals surface area contributed by atoms with Crippen LogP contribution in [0.5, 0.6) is 0 Å². The number of carbonyl (C=O) groups is 2. The van der Waals surface area contributed by atoms with Crippen molar-refractivity contribution in [2.75, 3.05) is 5.32 Å². The monoisotopic (exact) mass is 304 g/mol. The highest BCUT2D eigenvalue weighted by molar-refractivity contribution is 5.93. The van der Waals surface area contributed by atoms with Gasteiger partial charge >= 0.3 is 12.0 Å². The number of carboxylic acids is 1. The van der Waals surface area contributed by atoms with Gasteiger partial charge in [-0.1, -0.05) is 0 Å². The molecule has 2 aromatic rings. The molecule has 0 aliphatic heterocycles. The van der Waals surface area contributed by atoms with E-state index in [2.05, 4.69) is 10.6 Å². The summed E-state index contributed by atoms with van der Waals surface area (Å²) in [6.07, 6.45) is 2.03. The molecule has 0 aliphatic rings. The first kappa shape index (κ1) is 15.9. The first-order chi connectivity index (χ1) is 10.3. The maximum atomic E-state index is 12.0. The molecule has 2 amide bonds. The van der Waals surface area contributed by atoms with Crippen LogP contribution >= 0.6 is 0 Å². The molecule has 0 unspecified atom stereocenters. The summed E-state index contributed by atoms with van der Waals surface area (Å²) in [6, 6.07) is 5.04. The predicted octanol–water partition coefficient (Wildman–Crippen LogP) is 3.51. The highest BCUT2D eigenvalue weighted by Gasteiger charge is 2.21. The van der Waals surface area contributed by atoms with Gasteiger partial charge in [-0.25, -0.2) is 4.79 Å². The molecular formula is C16H20N2O4. The number of benzene rings is 1. The SMILES string of the molecule is Cc1coc2ccc(NC(=O)NC(C)(C)CCC(=O)O)cc12. The summed E-state index contributed by atoms with van der Waals surface area (Å²) in [5, 5.41) is 15.2. The largest absolute Gasteiger partial charge is 0.481 e. The minimum atomic E-state index is -0.879. The summed E-state index contributed by atoms with van der Waals surface area (Å²) in [5.74, 6) is -0.879. The zero-order chi connectivity index (χ0) is 16.3. The number of urea groups is 1. The van der Waals surface area contributed by atoms with Crippen molar-refractivity contribution in [2.45, 2.75) is 39.2 Å². The Labute approximate surface area is 128 Å². The molecule has 1 aromatic heterocycles. The van der Waals surface area contributed by atoms with Crippen molar-refractivity contribution in [3.8, 4) is 0 Å². The van der Waals surface area contributed by atoms with E-state index in [1.807, 2.05) is 13.0 Å². The maximum absolute atomic E-state index is 12.0. The Morgan fingerprint density at radius 1 is 1.32 bits per heavy atom. The number of hydrogen-bond acceptors (Lipinski definition) is 3. The minimum absolute atomic E-state index is 0.00739. The lowest BCUT2D eigenvalue weighted by molar-refractivity contribution is -0.137. The molecular weight excluding hydrogens is 284 g/mol. The number of furan rings is 1. The highest BCUT2D eigenvalue weighted by Crippen LogP contribution is 2.24. The normalized spacial score (nSPS) is 11.4. The van der Waals surface area contributed by atoms with Gasteiger partial charge in [0.25, 0.3) is 0 Å². The number of aryl methyl sites for hydroxylation is 1. The van der Waals surface area contributed by atoms with E-state index in [1.165, 1.54) is 0 Å². The van der Waals surface area contributed by atoms with Crippen molar-refractivity contribution in [2.24, 2.45) is 0 Å². The second-order valence-electron chi connectivity index (χ2n) is 5.99. The molecule has 2 rings (SSSR count). The fourth-order valence-corrected chi connectivity index (χ4v) is 2.19. The highest BCUT2D eigenvalue weighted by atomic mass is 16.4. The summed E-state index contributed by atoms with van der Waals surface area (Å²) in [6.45, 7) is 5.52. The fraction of sp³-hybridized carbons (Fsp3) is 0.375. The number of carbonyl (C=O) groups excluding carboxylic acids is 1. The van der Waals surface area contributed by atoms with Gasteiger partial charge < -0.3 is 20.2 Å². The second kappa shape index (κ2) is 6.09. The van der Waals surface area contributed by atoms with Crippen LogP contribution in [0.3, 0.4) is 0 Å². The molecule has 0 aliphatic carbocycles. The molecule has 1 heterocycles. The van der Waals surface area contributed by atoms with E-state index in [0.717, 1.165) is 16.5 Å². The Morgan fingerprint density at radius 3 is 2.73 bits per heavy atom. The average Bonchev–Trinajstić information content (AvgIpc) is 2.77. The molecule has 0 atom stereocenters. The smallest absolute Gasteiger partial charge is 0.319 e. The van der Waals surface area contributed by atoms with Crippen LogP contribution in [0.25, 0.3) is 11.0 Å². The van der Waals surface area contributed by atoms with Gasteiger partial charge in [-0.05, 0) is 51.0 Å². The number of hydrogen-bond donors (Lipinski definition) is 3. The minimum Gasteiger partial charge on any atom is -0.481 e. The van der Waals surface area contributed by atoms with Crippen LogP contribution in [0.4, 0.5) is 10.5 Å². The van der Waals surface area contributed by atoms with E-state index in [4.69, 9.17) is 9.52 Å². The van der Waals surface area contributed by atoms with E-state index < -0.39 is 11.5 Å². The second-order valence-corrected chi connectivity index (χ2v) is 5.99. The standard InChI is InChI=1S/C16H20N2O4/c1-10-9-22-13-5-4-11(8-12(10)13)17-15(21)18-16(2,3)7-6-14(19)20/h4-5,8-9H,6-7H2,1-3H3,(H,19,20)(H2,17,18,21). The van der Waals surface area contributed by atoms with Gasteiger partial charge in [0.1, 0.15) is 5.58 Å². The third-order valence-electron chi connectivity index (χ3n) is 3.44. The molecule has 1 aromatic carbocycles. The van der Waals surface area contributed by atoms with Crippen molar-refractivity contribution in [1.82, 2.24) is 5.32 Å². The third kappa shape index (κ3) is 4.00. The number of anilines is 1. The molecule has 0 radical (unpaired) electrons. The lowest BCUT2D eigenvalue weighted by atomic mass is 9.99. The summed E-state index contributed by atoms with van der Waals surface area (Å²) in [5.41, 5.74) is 1.83. The summed E-state index contributed by atoms with van der Waals surface area (Å²) >= 11 is 0. The third-order valence-corrected chi connectivity index (χ3v) is 3.44. The topological polar surface area (TPSA) is 91.6 Å². The number of nitrogens with one attached hydrogen (secondary N) is 2. The van der Waals surface area contributed by atoms with Crippen LogP contribution in [-0.2, 0) is 4.79 Å². The van der Waals surface area contributed by atoms with E-state index in [-0.39, 0.29) is 12.5 Å². The van der Waals surface area contributed by atoms with Crippen LogP contribution in [0.2, 0.25) is 0 Å². The molecule has 0 fully saturated rings. The van der Waals surface area contributed by atoms with Gasteiger partial charge in [0.05, 0.1) is 6.26 Å². The number of carboxylic acid groups (broad SMARTS) is 1. The number of aliphatic carboxylic acids is 1. The Bertz CT molecular complexity index is 703. The number of amides is 2. The lowest BCUT2D eigenvalue weighted by Crippen LogP contribution is -2.45. The Morgan fingerprint density at radius 2 is 2.05 bits per heavy atom. The first-order valence-electron chi connectivity index (χ1n) is 7.06. The van der Waals surface area contributed by atoms with Gasteiger partial charge in [0.2, 0.25) is 0 Å². The van der Waals surface area contributed by atoms with E-state index in [0.29, 0.717) is 12.1 Å². The van der Waals surface area contributed by atoms with Crippen LogP contribution in [-0.4, -0.2) is 22.6 Å². The Hall–Kier alpha value is -2.50. The summed E-state index contributed by atoms with van der Waals surface area (Å²) in [7, 11) is 0. The molecule has 0 spiro atoms. The zero-order valence-corrected chi connectivity index (χ0v) is 12.9. The molecule has 0 bridgehead atoms. The first-order valence-corrected chi connectivity index (χ1v) is 7.06. The van der Waals surface area contributed by atoms with Gasteiger partial charge in [0, 0.05) is 23.0 Å². The van der Waals surface area contributed by atoms with Gasteiger partial charge in [-0.3, -0.25) is 4.79 Å². The van der Waals surface area contributed by atoms with E-state index in [1.54, 1.807) is 32.2 Å². The molecule has 118 valence electrons. The van der Waals surface area contributed by atoms with Crippen LogP contribution in [0.1, 0.15) is 32.3 Å². The lowest BCUT2D eigenvalue weighted by Gasteiger charge is -2.25. The molecule has 0 saturated carbocycles. The van der Waals surface area contributed by atoms with Crippen LogP contribution < -0.4 is 10.6 Å². The average molecular weight is 304 g/mol. The Balaban J connectivity index is 2.00. The van der Waals surface area contributed by atoms with Crippen LogP contribution in [0.15, 0.2) is 28.9 Å². The molecule has 0 saturated heterocycles. The summed E-state index contributed by atoms with van der Waals surface area (Å²) < 4.78 is 5.36. The molecule has 6 nitrogen and oxygen atoms in total. The van der Waals surface area contributed by atoms with Gasteiger partial charge in [-0.15, -0.1) is 0 Å². The van der Waals surface area contributed by atoms with Crippen molar-refractivity contribution in [1.29, 1.82) is 0 Å². The molecule has 22 heavy (non-hydrogen) atoms. The molecule has 3 N–H and O–H groups in total. The Kier molecular flexibility index (Phi) is 4.40. The number of fused-ring (bicyclic) bond motifs is 1. The number of rotatable bonds is 5. The predicted molar refractivity (Wildman–Crippen MR) is 84.1 cm³/mol. The van der Waals surface area contributed by atoms with Crippen LogP contribution in [0, 0.1) is 6.92 Å². The van der Waals surface area contributed by atoms with Crippen molar-refractivity contribution in [3.63, 3.8) is 0 Å². The van der Waals surface area contributed by atoms with Gasteiger partial charge in [0.15, 0.2) is 0 Å². The maximum Gasteiger partial charge on any atom is 0.319 e. The van der Waals surface area contributed by atoms with Crippen molar-refractivity contribution >= 4 is 28.7 Å².